The molecule has 2 aromatic carbocycles. The molecule has 0 saturated heterocycles. The quantitative estimate of drug-likeness (QED) is 0.498. The monoisotopic (exact) mass is 443 g/mol. The molecule has 0 radical (unpaired) electrons. The van der Waals surface area contributed by atoms with E-state index in [0.29, 0.717) is 20.6 Å². The van der Waals surface area contributed by atoms with Crippen LogP contribution >= 0.6 is 27.3 Å². The van der Waals surface area contributed by atoms with E-state index in [1.807, 2.05) is 42.6 Å². The largest absolute Gasteiger partial charge is 0.462 e. The first kappa shape index (κ1) is 19.3. The number of esters is 1. The molecule has 0 aliphatic carbocycles. The summed E-state index contributed by atoms with van der Waals surface area (Å²) in [4.78, 5) is 25.3. The lowest BCUT2D eigenvalue weighted by atomic mass is 10.0. The third-order valence-corrected chi connectivity index (χ3v) is 5.57. The van der Waals surface area contributed by atoms with Gasteiger partial charge in [0.2, 0.25) is 0 Å². The molecule has 3 aromatic rings. The van der Waals surface area contributed by atoms with Crippen molar-refractivity contribution in [3.63, 3.8) is 0 Å². The van der Waals surface area contributed by atoms with Crippen LogP contribution in [0.5, 0.6) is 0 Å². The Labute approximate surface area is 170 Å². The summed E-state index contributed by atoms with van der Waals surface area (Å²) in [5.74, 6) is -0.734. The number of carbonyl (C=O) groups excluding carboxylic acids is 2. The smallest absolute Gasteiger partial charge is 0.341 e. The Hall–Kier alpha value is -2.44. The van der Waals surface area contributed by atoms with Gasteiger partial charge in [0, 0.05) is 15.4 Å². The Kier molecular flexibility index (Phi) is 6.08. The Morgan fingerprint density at radius 1 is 1.11 bits per heavy atom. The summed E-state index contributed by atoms with van der Waals surface area (Å²) in [6.07, 6.45) is 0. The second kappa shape index (κ2) is 8.50. The highest BCUT2D eigenvalue weighted by Crippen LogP contribution is 2.36. The van der Waals surface area contributed by atoms with Crippen molar-refractivity contribution in [2.24, 2.45) is 0 Å². The van der Waals surface area contributed by atoms with Crippen molar-refractivity contribution in [2.75, 3.05) is 11.9 Å². The molecule has 6 heteroatoms. The van der Waals surface area contributed by atoms with Crippen molar-refractivity contribution in [2.45, 2.75) is 13.8 Å². The number of halogens is 1. The Bertz CT molecular complexity index is 979. The average Bonchev–Trinajstić information content (AvgIpc) is 3.06. The number of hydrogen-bond acceptors (Lipinski definition) is 4. The zero-order valence-corrected chi connectivity index (χ0v) is 17.3. The number of aryl methyl sites for hydroxylation is 1. The van der Waals surface area contributed by atoms with Gasteiger partial charge >= 0.3 is 5.97 Å². The molecule has 1 heterocycles. The van der Waals surface area contributed by atoms with Crippen molar-refractivity contribution in [1.82, 2.24) is 0 Å². The number of hydrogen-bond donors (Lipinski definition) is 1. The van der Waals surface area contributed by atoms with Gasteiger partial charge in [0.15, 0.2) is 0 Å². The van der Waals surface area contributed by atoms with Gasteiger partial charge in [-0.3, -0.25) is 4.79 Å². The number of amides is 1. The number of rotatable bonds is 5. The highest BCUT2D eigenvalue weighted by Gasteiger charge is 2.23. The van der Waals surface area contributed by atoms with Crippen molar-refractivity contribution in [3.05, 3.63) is 75.1 Å². The lowest BCUT2D eigenvalue weighted by Crippen LogP contribution is -2.15. The zero-order chi connectivity index (χ0) is 19.4. The molecule has 0 atom stereocenters. The summed E-state index contributed by atoms with van der Waals surface area (Å²) in [5, 5.41) is 5.20. The molecule has 3 rings (SSSR count). The summed E-state index contributed by atoms with van der Waals surface area (Å²) in [6.45, 7) is 4.03. The molecular weight excluding hydrogens is 426 g/mol. The average molecular weight is 444 g/mol. The summed E-state index contributed by atoms with van der Waals surface area (Å²) in [7, 11) is 0. The number of ether oxygens (including phenoxy) is 1. The fraction of sp³-hybridized carbons (Fsp3) is 0.143. The summed E-state index contributed by atoms with van der Waals surface area (Å²) < 4.78 is 5.92. The first-order valence-corrected chi connectivity index (χ1v) is 10.1. The van der Waals surface area contributed by atoms with Crippen LogP contribution in [0.4, 0.5) is 5.00 Å². The van der Waals surface area contributed by atoms with E-state index in [-0.39, 0.29) is 12.5 Å². The second-order valence-corrected chi connectivity index (χ2v) is 7.61. The predicted molar refractivity (Wildman–Crippen MR) is 113 cm³/mol. The van der Waals surface area contributed by atoms with Crippen LogP contribution < -0.4 is 5.32 Å². The lowest BCUT2D eigenvalue weighted by molar-refractivity contribution is 0.0529. The van der Waals surface area contributed by atoms with E-state index in [1.165, 1.54) is 11.3 Å². The molecule has 138 valence electrons. The fourth-order valence-corrected chi connectivity index (χ4v) is 4.03. The summed E-state index contributed by atoms with van der Waals surface area (Å²) in [5.41, 5.74) is 3.67. The fourth-order valence-electron chi connectivity index (χ4n) is 2.62. The van der Waals surface area contributed by atoms with Gasteiger partial charge in [0.25, 0.3) is 5.91 Å². The molecule has 1 N–H and O–H groups in total. The maximum Gasteiger partial charge on any atom is 0.341 e. The SMILES string of the molecule is CCOC(=O)c1c(-c2ccc(C)cc2)csc1NC(=O)c1ccccc1Br. The molecule has 27 heavy (non-hydrogen) atoms. The van der Waals surface area contributed by atoms with E-state index in [2.05, 4.69) is 21.2 Å². The number of thiophene rings is 1. The molecule has 4 nitrogen and oxygen atoms in total. The summed E-state index contributed by atoms with van der Waals surface area (Å²) in [6, 6.07) is 15.0. The highest BCUT2D eigenvalue weighted by atomic mass is 79.9. The number of nitrogens with one attached hydrogen (secondary N) is 1. The van der Waals surface area contributed by atoms with Gasteiger partial charge in [0.1, 0.15) is 10.6 Å². The number of carbonyl (C=O) groups is 2. The van der Waals surface area contributed by atoms with Gasteiger partial charge < -0.3 is 10.1 Å². The maximum atomic E-state index is 12.7. The van der Waals surface area contributed by atoms with Crippen molar-refractivity contribution < 1.29 is 14.3 Å². The van der Waals surface area contributed by atoms with Crippen LogP contribution in [0.1, 0.15) is 33.2 Å². The standard InChI is InChI=1S/C21H18BrNO3S/c1-3-26-21(25)18-16(14-10-8-13(2)9-11-14)12-27-20(18)23-19(24)15-6-4-5-7-17(15)22/h4-12H,3H2,1-2H3,(H,23,24). The molecule has 0 bridgehead atoms. The number of anilines is 1. The first-order chi connectivity index (χ1) is 13.0. The van der Waals surface area contributed by atoms with Crippen molar-refractivity contribution in [1.29, 1.82) is 0 Å². The van der Waals surface area contributed by atoms with E-state index in [4.69, 9.17) is 4.74 Å². The molecule has 0 fully saturated rings. The van der Waals surface area contributed by atoms with Gasteiger partial charge in [-0.05, 0) is 47.5 Å². The van der Waals surface area contributed by atoms with Crippen LogP contribution in [0, 0.1) is 6.92 Å². The van der Waals surface area contributed by atoms with E-state index in [1.54, 1.807) is 25.1 Å². The molecule has 0 aliphatic rings. The third kappa shape index (κ3) is 4.28. The van der Waals surface area contributed by atoms with E-state index >= 15 is 0 Å². The lowest BCUT2D eigenvalue weighted by Gasteiger charge is -2.10. The van der Waals surface area contributed by atoms with Gasteiger partial charge in [-0.1, -0.05) is 42.0 Å². The van der Waals surface area contributed by atoms with Crippen molar-refractivity contribution in [3.8, 4) is 11.1 Å². The number of benzene rings is 2. The third-order valence-electron chi connectivity index (χ3n) is 3.98. The Balaban J connectivity index is 2.00. The Morgan fingerprint density at radius 3 is 2.48 bits per heavy atom. The van der Waals surface area contributed by atoms with Crippen LogP contribution in [-0.2, 0) is 4.74 Å². The molecule has 0 saturated carbocycles. The van der Waals surface area contributed by atoms with Crippen molar-refractivity contribution >= 4 is 44.1 Å². The topological polar surface area (TPSA) is 55.4 Å². The zero-order valence-electron chi connectivity index (χ0n) is 14.9. The summed E-state index contributed by atoms with van der Waals surface area (Å²) >= 11 is 4.69. The van der Waals surface area contributed by atoms with Crippen LogP contribution in [0.2, 0.25) is 0 Å². The molecule has 0 aliphatic heterocycles. The first-order valence-electron chi connectivity index (χ1n) is 8.42. The molecule has 0 spiro atoms. The van der Waals surface area contributed by atoms with Crippen LogP contribution in [-0.4, -0.2) is 18.5 Å². The minimum atomic E-state index is -0.447. The molecule has 1 aromatic heterocycles. The minimum absolute atomic E-state index is 0.264. The van der Waals surface area contributed by atoms with Crippen LogP contribution in [0.15, 0.2) is 58.4 Å². The van der Waals surface area contributed by atoms with E-state index < -0.39 is 5.97 Å². The minimum Gasteiger partial charge on any atom is -0.462 e. The molecule has 0 unspecified atom stereocenters. The van der Waals surface area contributed by atoms with Crippen LogP contribution in [0.25, 0.3) is 11.1 Å². The molecular formula is C21H18BrNO3S. The van der Waals surface area contributed by atoms with Gasteiger partial charge in [0.05, 0.1) is 12.2 Å². The highest BCUT2D eigenvalue weighted by molar-refractivity contribution is 9.10. The Morgan fingerprint density at radius 2 is 1.81 bits per heavy atom. The second-order valence-electron chi connectivity index (χ2n) is 5.87. The van der Waals surface area contributed by atoms with E-state index in [9.17, 15) is 9.59 Å². The maximum absolute atomic E-state index is 12.7. The predicted octanol–water partition coefficient (Wildman–Crippen LogP) is 5.92. The van der Waals surface area contributed by atoms with E-state index in [0.717, 1.165) is 16.7 Å². The van der Waals surface area contributed by atoms with Gasteiger partial charge in [-0.25, -0.2) is 4.79 Å². The molecule has 1 amide bonds. The van der Waals surface area contributed by atoms with Gasteiger partial charge in [-0.15, -0.1) is 11.3 Å². The van der Waals surface area contributed by atoms with Gasteiger partial charge in [-0.2, -0.15) is 0 Å². The van der Waals surface area contributed by atoms with Crippen LogP contribution in [0.3, 0.4) is 0 Å². The normalized spacial score (nSPS) is 10.5.